The molecule has 0 saturated heterocycles. The molecule has 2 heteroatoms. The van der Waals surface area contributed by atoms with Gasteiger partial charge in [-0.05, 0) is 17.9 Å². The summed E-state index contributed by atoms with van der Waals surface area (Å²) in [5.74, 6) is 0.441. The smallest absolute Gasteiger partial charge is 0.220 e. The summed E-state index contributed by atoms with van der Waals surface area (Å²) in [5, 5.41) is 2.89. The Kier molecular flexibility index (Phi) is 4.88. The van der Waals surface area contributed by atoms with Gasteiger partial charge in [0, 0.05) is 13.0 Å². The molecule has 0 aliphatic carbocycles. The molecular formula is C13H19NO. The highest BCUT2D eigenvalue weighted by atomic mass is 16.1. The normalized spacial score (nSPS) is 12.1. The maximum Gasteiger partial charge on any atom is 0.220 e. The van der Waals surface area contributed by atoms with Gasteiger partial charge in [-0.1, -0.05) is 44.2 Å². The number of nitrogens with one attached hydrogen (secondary N) is 1. The molecule has 1 N–H and O–H groups in total. The topological polar surface area (TPSA) is 29.1 Å². The number of rotatable bonds is 5. The number of carbonyl (C=O) groups is 1. The van der Waals surface area contributed by atoms with Gasteiger partial charge in [0.2, 0.25) is 5.91 Å². The van der Waals surface area contributed by atoms with Crippen molar-refractivity contribution in [1.82, 2.24) is 5.32 Å². The Morgan fingerprint density at radius 1 is 1.33 bits per heavy atom. The highest BCUT2D eigenvalue weighted by molar-refractivity contribution is 5.76. The van der Waals surface area contributed by atoms with E-state index < -0.39 is 0 Å². The Morgan fingerprint density at radius 3 is 2.60 bits per heavy atom. The van der Waals surface area contributed by atoms with Crippen LogP contribution >= 0.6 is 0 Å². The predicted octanol–water partition coefficient (Wildman–Crippen LogP) is 2.71. The van der Waals surface area contributed by atoms with E-state index in [-0.39, 0.29) is 5.91 Å². The third-order valence-corrected chi connectivity index (χ3v) is 2.43. The maximum absolute atomic E-state index is 11.5. The van der Waals surface area contributed by atoms with Gasteiger partial charge in [0.25, 0.3) is 0 Å². The first-order valence-electron chi connectivity index (χ1n) is 5.55. The van der Waals surface area contributed by atoms with Crippen LogP contribution in [0, 0.1) is 0 Å². The van der Waals surface area contributed by atoms with Crippen LogP contribution in [0.1, 0.15) is 38.2 Å². The zero-order valence-electron chi connectivity index (χ0n) is 9.49. The minimum absolute atomic E-state index is 0.146. The Bertz CT molecular complexity index is 295. The van der Waals surface area contributed by atoms with Crippen molar-refractivity contribution in [2.45, 2.75) is 32.6 Å². The van der Waals surface area contributed by atoms with Gasteiger partial charge in [-0.15, -0.1) is 0 Å². The minimum atomic E-state index is 0.146. The Labute approximate surface area is 91.7 Å². The number of hydrogen-bond donors (Lipinski definition) is 1. The summed E-state index contributed by atoms with van der Waals surface area (Å²) in [7, 11) is 0. The van der Waals surface area contributed by atoms with Crippen LogP contribution in [0.5, 0.6) is 0 Å². The van der Waals surface area contributed by atoms with Crippen LogP contribution in [0.25, 0.3) is 0 Å². The molecule has 0 spiro atoms. The van der Waals surface area contributed by atoms with Crippen molar-refractivity contribution < 1.29 is 4.79 Å². The van der Waals surface area contributed by atoms with Gasteiger partial charge in [-0.2, -0.15) is 0 Å². The molecule has 0 aliphatic heterocycles. The Balaban J connectivity index is 2.42. The van der Waals surface area contributed by atoms with Gasteiger partial charge in [0.15, 0.2) is 0 Å². The summed E-state index contributed by atoms with van der Waals surface area (Å²) < 4.78 is 0. The number of benzene rings is 1. The van der Waals surface area contributed by atoms with Gasteiger partial charge < -0.3 is 5.32 Å². The van der Waals surface area contributed by atoms with Crippen LogP contribution < -0.4 is 5.32 Å². The molecule has 15 heavy (non-hydrogen) atoms. The quantitative estimate of drug-likeness (QED) is 0.786. The predicted molar refractivity (Wildman–Crippen MR) is 62.8 cm³/mol. The van der Waals surface area contributed by atoms with Crippen LogP contribution in [-0.4, -0.2) is 12.5 Å². The average molecular weight is 205 g/mol. The van der Waals surface area contributed by atoms with Crippen LogP contribution in [0.4, 0.5) is 0 Å². The van der Waals surface area contributed by atoms with E-state index in [1.165, 1.54) is 5.56 Å². The number of hydrogen-bond acceptors (Lipinski definition) is 1. The summed E-state index contributed by atoms with van der Waals surface area (Å²) in [4.78, 5) is 11.5. The Hall–Kier alpha value is -1.31. The van der Waals surface area contributed by atoms with Crippen LogP contribution in [0.2, 0.25) is 0 Å². The molecule has 2 nitrogen and oxygen atoms in total. The molecule has 1 amide bonds. The second kappa shape index (κ2) is 6.23. The fraction of sp³-hybridized carbons (Fsp3) is 0.462. The lowest BCUT2D eigenvalue weighted by Gasteiger charge is -2.11. The highest BCUT2D eigenvalue weighted by Gasteiger charge is 2.09. The molecule has 1 aromatic carbocycles. The highest BCUT2D eigenvalue weighted by Crippen LogP contribution is 2.17. The molecule has 0 fully saturated rings. The second-order valence-electron chi connectivity index (χ2n) is 3.87. The van der Waals surface area contributed by atoms with Gasteiger partial charge in [-0.3, -0.25) is 4.79 Å². The van der Waals surface area contributed by atoms with E-state index in [2.05, 4.69) is 31.3 Å². The molecule has 1 atom stereocenters. The van der Waals surface area contributed by atoms with Crippen molar-refractivity contribution in [3.05, 3.63) is 35.9 Å². The lowest BCUT2D eigenvalue weighted by molar-refractivity contribution is -0.121. The molecule has 0 aromatic heterocycles. The van der Waals surface area contributed by atoms with Crippen molar-refractivity contribution in [3.8, 4) is 0 Å². The summed E-state index contributed by atoms with van der Waals surface area (Å²) in [6.45, 7) is 4.92. The summed E-state index contributed by atoms with van der Waals surface area (Å²) >= 11 is 0. The molecular weight excluding hydrogens is 186 g/mol. The third-order valence-electron chi connectivity index (χ3n) is 2.43. The van der Waals surface area contributed by atoms with E-state index in [0.29, 0.717) is 12.3 Å². The number of amides is 1. The monoisotopic (exact) mass is 205 g/mol. The zero-order chi connectivity index (χ0) is 11.1. The van der Waals surface area contributed by atoms with E-state index in [9.17, 15) is 4.79 Å². The molecule has 0 bridgehead atoms. The van der Waals surface area contributed by atoms with E-state index in [1.807, 2.05) is 18.2 Å². The Morgan fingerprint density at radius 2 is 2.00 bits per heavy atom. The summed E-state index contributed by atoms with van der Waals surface area (Å²) in [6.07, 6.45) is 1.56. The fourth-order valence-electron chi connectivity index (χ4n) is 1.51. The van der Waals surface area contributed by atoms with Crippen LogP contribution in [-0.2, 0) is 4.79 Å². The first kappa shape index (κ1) is 11.8. The summed E-state index contributed by atoms with van der Waals surface area (Å²) in [6, 6.07) is 10.1. The van der Waals surface area contributed by atoms with E-state index in [0.717, 1.165) is 13.0 Å². The second-order valence-corrected chi connectivity index (χ2v) is 3.87. The third kappa shape index (κ3) is 4.15. The average Bonchev–Trinajstić information content (AvgIpc) is 2.27. The van der Waals surface area contributed by atoms with Gasteiger partial charge >= 0.3 is 0 Å². The fourth-order valence-corrected chi connectivity index (χ4v) is 1.51. The SMILES string of the molecule is CCCNC(=O)C[C@H](C)c1ccccc1. The molecule has 0 aliphatic rings. The molecule has 1 rings (SSSR count). The van der Waals surface area contributed by atoms with E-state index >= 15 is 0 Å². The molecule has 82 valence electrons. The first-order chi connectivity index (χ1) is 7.24. The molecule has 0 unspecified atom stereocenters. The lowest BCUT2D eigenvalue weighted by atomic mass is 9.98. The maximum atomic E-state index is 11.5. The zero-order valence-corrected chi connectivity index (χ0v) is 9.49. The lowest BCUT2D eigenvalue weighted by Crippen LogP contribution is -2.25. The van der Waals surface area contributed by atoms with E-state index in [4.69, 9.17) is 0 Å². The van der Waals surface area contributed by atoms with Crippen molar-refractivity contribution in [3.63, 3.8) is 0 Å². The van der Waals surface area contributed by atoms with Crippen molar-refractivity contribution in [1.29, 1.82) is 0 Å². The van der Waals surface area contributed by atoms with Gasteiger partial charge in [0.1, 0.15) is 0 Å². The van der Waals surface area contributed by atoms with Gasteiger partial charge in [0.05, 0.1) is 0 Å². The molecule has 0 heterocycles. The minimum Gasteiger partial charge on any atom is -0.356 e. The van der Waals surface area contributed by atoms with E-state index in [1.54, 1.807) is 0 Å². The van der Waals surface area contributed by atoms with Crippen molar-refractivity contribution in [2.75, 3.05) is 6.54 Å². The standard InChI is InChI=1S/C13H19NO/c1-3-9-14-13(15)10-11(2)12-7-5-4-6-8-12/h4-8,11H,3,9-10H2,1-2H3,(H,14,15)/t11-/m0/s1. The summed E-state index contributed by atoms with van der Waals surface area (Å²) in [5.41, 5.74) is 1.23. The largest absolute Gasteiger partial charge is 0.356 e. The van der Waals surface area contributed by atoms with Crippen molar-refractivity contribution >= 4 is 5.91 Å². The number of carbonyl (C=O) groups excluding carboxylic acids is 1. The van der Waals surface area contributed by atoms with Crippen LogP contribution in [0.3, 0.4) is 0 Å². The molecule has 1 aromatic rings. The molecule has 0 radical (unpaired) electrons. The van der Waals surface area contributed by atoms with Gasteiger partial charge in [-0.25, -0.2) is 0 Å². The molecule has 0 saturated carbocycles. The van der Waals surface area contributed by atoms with Crippen LogP contribution in [0.15, 0.2) is 30.3 Å². The first-order valence-corrected chi connectivity index (χ1v) is 5.55. The van der Waals surface area contributed by atoms with Crippen molar-refractivity contribution in [2.24, 2.45) is 0 Å².